The molecular weight excluding hydrogens is 272 g/mol. The summed E-state index contributed by atoms with van der Waals surface area (Å²) in [5.41, 5.74) is 0.447. The first-order valence-electron chi connectivity index (χ1n) is 7.06. The number of benzene rings is 1. The number of carboxylic acids is 1. The van der Waals surface area contributed by atoms with Gasteiger partial charge in [0.15, 0.2) is 0 Å². The Morgan fingerprint density at radius 2 is 2.05 bits per heavy atom. The number of carboxylic acid groups (broad SMARTS) is 1. The summed E-state index contributed by atoms with van der Waals surface area (Å²) in [7, 11) is 1.47. The lowest BCUT2D eigenvalue weighted by Crippen LogP contribution is -2.32. The Morgan fingerprint density at radius 1 is 1.33 bits per heavy atom. The molecule has 0 atom stereocenters. The summed E-state index contributed by atoms with van der Waals surface area (Å²) in [6.45, 7) is 0.646. The van der Waals surface area contributed by atoms with Crippen LogP contribution in [0.5, 0.6) is 5.75 Å². The second kappa shape index (κ2) is 6.97. The van der Waals surface area contributed by atoms with E-state index in [4.69, 9.17) is 9.84 Å². The Balaban J connectivity index is 1.97. The first kappa shape index (κ1) is 15.2. The average molecular weight is 292 g/mol. The lowest BCUT2D eigenvalue weighted by Gasteiger charge is -2.14. The highest BCUT2D eigenvalue weighted by Gasteiger charge is 2.16. The van der Waals surface area contributed by atoms with Crippen LogP contribution in [-0.2, 0) is 0 Å². The summed E-state index contributed by atoms with van der Waals surface area (Å²) in [5.74, 6) is -0.0777. The van der Waals surface area contributed by atoms with Crippen molar-refractivity contribution in [2.45, 2.75) is 25.7 Å². The van der Waals surface area contributed by atoms with Crippen molar-refractivity contribution in [2.75, 3.05) is 19.0 Å². The largest absolute Gasteiger partial charge is 0.495 e. The molecule has 6 nitrogen and oxygen atoms in total. The first-order chi connectivity index (χ1) is 10.1. The van der Waals surface area contributed by atoms with Gasteiger partial charge in [0.2, 0.25) is 0 Å². The first-order valence-corrected chi connectivity index (χ1v) is 7.06. The molecule has 1 fully saturated rings. The number of carbonyl (C=O) groups excluding carboxylic acids is 1. The van der Waals surface area contributed by atoms with Crippen LogP contribution in [0.25, 0.3) is 0 Å². The number of urea groups is 1. The number of aromatic carboxylic acids is 1. The number of methoxy groups -OCH3 is 1. The van der Waals surface area contributed by atoms with E-state index < -0.39 is 5.97 Å². The fourth-order valence-corrected chi connectivity index (χ4v) is 2.56. The van der Waals surface area contributed by atoms with Crippen molar-refractivity contribution in [1.29, 1.82) is 0 Å². The highest BCUT2D eigenvalue weighted by Crippen LogP contribution is 2.26. The van der Waals surface area contributed by atoms with Gasteiger partial charge in [-0.2, -0.15) is 0 Å². The van der Waals surface area contributed by atoms with Crippen LogP contribution >= 0.6 is 0 Å². The maximum absolute atomic E-state index is 11.9. The number of amides is 2. The normalized spacial score (nSPS) is 14.7. The molecule has 1 saturated carbocycles. The molecule has 6 heteroatoms. The molecule has 1 aliphatic carbocycles. The SMILES string of the molecule is COc1ccc(C(=O)O)cc1NC(=O)NCC1CCCC1. The molecule has 21 heavy (non-hydrogen) atoms. The fraction of sp³-hybridized carbons (Fsp3) is 0.467. The molecule has 0 radical (unpaired) electrons. The Morgan fingerprint density at radius 3 is 2.67 bits per heavy atom. The lowest BCUT2D eigenvalue weighted by molar-refractivity contribution is 0.0697. The predicted molar refractivity (Wildman–Crippen MR) is 78.9 cm³/mol. The Kier molecular flexibility index (Phi) is 5.03. The summed E-state index contributed by atoms with van der Waals surface area (Å²) >= 11 is 0. The minimum atomic E-state index is -1.05. The number of nitrogens with one attached hydrogen (secondary N) is 2. The average Bonchev–Trinajstić information content (AvgIpc) is 2.98. The number of anilines is 1. The Labute approximate surface area is 123 Å². The van der Waals surface area contributed by atoms with Gasteiger partial charge in [-0.15, -0.1) is 0 Å². The van der Waals surface area contributed by atoms with E-state index in [1.165, 1.54) is 38.2 Å². The molecule has 2 rings (SSSR count). The van der Waals surface area contributed by atoms with Gasteiger partial charge in [-0.1, -0.05) is 12.8 Å². The fourth-order valence-electron chi connectivity index (χ4n) is 2.56. The number of rotatable bonds is 5. The van der Waals surface area contributed by atoms with E-state index in [0.29, 0.717) is 23.9 Å². The topological polar surface area (TPSA) is 87.7 Å². The molecule has 0 bridgehead atoms. The molecule has 1 aromatic rings. The van der Waals surface area contributed by atoms with Crippen LogP contribution < -0.4 is 15.4 Å². The molecule has 0 unspecified atom stereocenters. The standard InChI is InChI=1S/C15H20N2O4/c1-21-13-7-6-11(14(18)19)8-12(13)17-15(20)16-9-10-4-2-3-5-10/h6-8,10H,2-5,9H2,1H3,(H,18,19)(H2,16,17,20). The third-order valence-corrected chi connectivity index (χ3v) is 3.72. The smallest absolute Gasteiger partial charge is 0.335 e. The minimum absolute atomic E-state index is 0.0990. The molecule has 0 saturated heterocycles. The number of ether oxygens (including phenoxy) is 1. The van der Waals surface area contributed by atoms with Crippen LogP contribution in [0.4, 0.5) is 10.5 Å². The zero-order chi connectivity index (χ0) is 15.2. The van der Waals surface area contributed by atoms with Gasteiger partial charge in [-0.25, -0.2) is 9.59 Å². The van der Waals surface area contributed by atoms with Crippen molar-refractivity contribution in [2.24, 2.45) is 5.92 Å². The van der Waals surface area contributed by atoms with Crippen LogP contribution in [-0.4, -0.2) is 30.8 Å². The molecule has 0 spiro atoms. The second-order valence-corrected chi connectivity index (χ2v) is 5.21. The molecule has 3 N–H and O–H groups in total. The van der Waals surface area contributed by atoms with E-state index in [1.807, 2.05) is 0 Å². The minimum Gasteiger partial charge on any atom is -0.495 e. The van der Waals surface area contributed by atoms with Crippen LogP contribution in [0.15, 0.2) is 18.2 Å². The zero-order valence-corrected chi connectivity index (χ0v) is 12.0. The van der Waals surface area contributed by atoms with Gasteiger partial charge in [0.05, 0.1) is 18.4 Å². The molecule has 114 valence electrons. The van der Waals surface area contributed by atoms with Crippen LogP contribution in [0.3, 0.4) is 0 Å². The van der Waals surface area contributed by atoms with Gasteiger partial charge >= 0.3 is 12.0 Å². The second-order valence-electron chi connectivity index (χ2n) is 5.21. The van der Waals surface area contributed by atoms with Gasteiger partial charge in [0, 0.05) is 6.54 Å². The van der Waals surface area contributed by atoms with Crippen LogP contribution in [0.1, 0.15) is 36.0 Å². The number of hydrogen-bond donors (Lipinski definition) is 3. The Bertz CT molecular complexity index is 524. The van der Waals surface area contributed by atoms with Crippen molar-refractivity contribution in [3.8, 4) is 5.75 Å². The van der Waals surface area contributed by atoms with Crippen molar-refractivity contribution in [3.63, 3.8) is 0 Å². The monoisotopic (exact) mass is 292 g/mol. The van der Waals surface area contributed by atoms with Crippen molar-refractivity contribution in [1.82, 2.24) is 5.32 Å². The van der Waals surface area contributed by atoms with Crippen LogP contribution in [0, 0.1) is 5.92 Å². The maximum Gasteiger partial charge on any atom is 0.335 e. The maximum atomic E-state index is 11.9. The molecule has 2 amide bonds. The van der Waals surface area contributed by atoms with Gasteiger partial charge < -0.3 is 20.5 Å². The molecular formula is C15H20N2O4. The highest BCUT2D eigenvalue weighted by molar-refractivity contribution is 5.94. The van der Waals surface area contributed by atoms with Crippen molar-refractivity contribution < 1.29 is 19.4 Å². The van der Waals surface area contributed by atoms with Crippen molar-refractivity contribution >= 4 is 17.7 Å². The number of hydrogen-bond acceptors (Lipinski definition) is 3. The molecule has 1 aromatic carbocycles. The summed E-state index contributed by atoms with van der Waals surface area (Å²) in [6, 6.07) is 4.00. The number of carbonyl (C=O) groups is 2. The third-order valence-electron chi connectivity index (χ3n) is 3.72. The van der Waals surface area contributed by atoms with E-state index in [2.05, 4.69) is 10.6 Å². The zero-order valence-electron chi connectivity index (χ0n) is 12.0. The van der Waals surface area contributed by atoms with Crippen LogP contribution in [0.2, 0.25) is 0 Å². The summed E-state index contributed by atoms with van der Waals surface area (Å²) in [5, 5.41) is 14.4. The highest BCUT2D eigenvalue weighted by atomic mass is 16.5. The molecule has 1 aliphatic rings. The summed E-state index contributed by atoms with van der Waals surface area (Å²) < 4.78 is 5.12. The molecule has 0 heterocycles. The summed E-state index contributed by atoms with van der Waals surface area (Å²) in [4.78, 5) is 22.9. The van der Waals surface area contributed by atoms with Gasteiger partial charge in [-0.05, 0) is 37.0 Å². The van der Waals surface area contributed by atoms with Gasteiger partial charge in [0.25, 0.3) is 0 Å². The van der Waals surface area contributed by atoms with E-state index in [9.17, 15) is 9.59 Å². The van der Waals surface area contributed by atoms with E-state index in [1.54, 1.807) is 0 Å². The van der Waals surface area contributed by atoms with Crippen molar-refractivity contribution in [3.05, 3.63) is 23.8 Å². The Hall–Kier alpha value is -2.24. The lowest BCUT2D eigenvalue weighted by atomic mass is 10.1. The predicted octanol–water partition coefficient (Wildman–Crippen LogP) is 2.71. The molecule has 0 aromatic heterocycles. The van der Waals surface area contributed by atoms with E-state index >= 15 is 0 Å². The summed E-state index contributed by atoms with van der Waals surface area (Å²) in [6.07, 6.45) is 4.75. The van der Waals surface area contributed by atoms with Gasteiger partial charge in [-0.3, -0.25) is 0 Å². The van der Waals surface area contributed by atoms with E-state index in [-0.39, 0.29) is 11.6 Å². The quantitative estimate of drug-likeness (QED) is 0.778. The third kappa shape index (κ3) is 4.11. The molecule has 0 aliphatic heterocycles. The van der Waals surface area contributed by atoms with E-state index in [0.717, 1.165) is 12.8 Å². The van der Waals surface area contributed by atoms with Gasteiger partial charge in [0.1, 0.15) is 5.75 Å².